The van der Waals surface area contributed by atoms with Gasteiger partial charge in [0.2, 0.25) is 0 Å². The van der Waals surface area contributed by atoms with Gasteiger partial charge in [-0.3, -0.25) is 4.79 Å². The number of nitrogens with zero attached hydrogens (tertiary/aromatic N) is 1. The van der Waals surface area contributed by atoms with Crippen LogP contribution >= 0.6 is 0 Å². The van der Waals surface area contributed by atoms with E-state index < -0.39 is 11.7 Å². The second-order valence-electron chi connectivity index (χ2n) is 6.09. The maximum atomic E-state index is 12.8. The van der Waals surface area contributed by atoms with Gasteiger partial charge in [-0.25, -0.2) is 0 Å². The molecule has 1 aliphatic rings. The number of alkyl halides is 3. The summed E-state index contributed by atoms with van der Waals surface area (Å²) in [6.07, 6.45) is -1.41. The Morgan fingerprint density at radius 2 is 2.00 bits per heavy atom. The molecule has 1 atom stereocenters. The van der Waals surface area contributed by atoms with Gasteiger partial charge in [-0.2, -0.15) is 13.2 Å². The van der Waals surface area contributed by atoms with Gasteiger partial charge in [-0.05, 0) is 50.5 Å². The summed E-state index contributed by atoms with van der Waals surface area (Å²) in [5.41, 5.74) is -0.440. The van der Waals surface area contributed by atoms with Gasteiger partial charge in [0.05, 0.1) is 5.56 Å². The lowest BCUT2D eigenvalue weighted by atomic mass is 10.0. The van der Waals surface area contributed by atoms with Crippen molar-refractivity contribution in [2.24, 2.45) is 0 Å². The fraction of sp³-hybridized carbons (Fsp3) is 0.389. The molecule has 1 aromatic carbocycles. The number of piperidine rings is 1. The zero-order valence-corrected chi connectivity index (χ0v) is 13.3. The number of carbonyl (C=O) groups is 1. The first-order chi connectivity index (χ1) is 11.4. The molecule has 24 heavy (non-hydrogen) atoms. The fourth-order valence-corrected chi connectivity index (χ4v) is 3.00. The lowest BCUT2D eigenvalue weighted by Crippen LogP contribution is -2.41. The second-order valence-corrected chi connectivity index (χ2v) is 6.09. The van der Waals surface area contributed by atoms with Gasteiger partial charge in [-0.1, -0.05) is 12.1 Å². The maximum absolute atomic E-state index is 12.8. The van der Waals surface area contributed by atoms with Crippen LogP contribution in [0.3, 0.4) is 0 Å². The van der Waals surface area contributed by atoms with E-state index in [2.05, 4.69) is 0 Å². The third-order valence-corrected chi connectivity index (χ3v) is 4.36. The molecule has 1 aromatic heterocycles. The molecule has 0 saturated carbocycles. The zero-order valence-electron chi connectivity index (χ0n) is 13.3. The van der Waals surface area contributed by atoms with Gasteiger partial charge in [-0.15, -0.1) is 0 Å². The predicted molar refractivity (Wildman–Crippen MR) is 83.5 cm³/mol. The Morgan fingerprint density at radius 3 is 2.71 bits per heavy atom. The quantitative estimate of drug-likeness (QED) is 0.774. The van der Waals surface area contributed by atoms with Crippen molar-refractivity contribution in [2.75, 3.05) is 6.54 Å². The van der Waals surface area contributed by atoms with E-state index in [0.717, 1.165) is 31.4 Å². The summed E-state index contributed by atoms with van der Waals surface area (Å²) in [7, 11) is 0. The number of carbonyl (C=O) groups excluding carboxylic acids is 1. The van der Waals surface area contributed by atoms with Crippen molar-refractivity contribution in [2.45, 2.75) is 38.4 Å². The van der Waals surface area contributed by atoms with Crippen LogP contribution in [0.25, 0.3) is 11.3 Å². The van der Waals surface area contributed by atoms with E-state index in [1.807, 2.05) is 6.92 Å². The highest BCUT2D eigenvalue weighted by atomic mass is 19.4. The normalized spacial score (nSPS) is 18.7. The van der Waals surface area contributed by atoms with Crippen molar-refractivity contribution in [1.29, 1.82) is 0 Å². The molecule has 2 heterocycles. The van der Waals surface area contributed by atoms with E-state index in [4.69, 9.17) is 4.42 Å². The molecule has 1 amide bonds. The van der Waals surface area contributed by atoms with Gasteiger partial charge >= 0.3 is 6.18 Å². The standard InChI is InChI=1S/C18H18F3NO2/c1-12-5-2-3-10-22(12)17(23)16-9-8-15(24-16)13-6-4-7-14(11-13)18(19,20)21/h4,6-9,11-12H,2-3,5,10H2,1H3. The Kier molecular flexibility index (Phi) is 4.39. The summed E-state index contributed by atoms with van der Waals surface area (Å²) >= 11 is 0. The number of hydrogen-bond donors (Lipinski definition) is 0. The van der Waals surface area contributed by atoms with Crippen LogP contribution in [0.4, 0.5) is 13.2 Å². The van der Waals surface area contributed by atoms with Gasteiger partial charge in [0, 0.05) is 18.2 Å². The number of likely N-dealkylation sites (tertiary alicyclic amines) is 1. The molecule has 0 spiro atoms. The molecule has 1 aliphatic heterocycles. The Hall–Kier alpha value is -2.24. The Morgan fingerprint density at radius 1 is 1.21 bits per heavy atom. The first-order valence-electron chi connectivity index (χ1n) is 7.95. The third kappa shape index (κ3) is 3.32. The minimum Gasteiger partial charge on any atom is -0.451 e. The lowest BCUT2D eigenvalue weighted by molar-refractivity contribution is -0.137. The van der Waals surface area contributed by atoms with Crippen molar-refractivity contribution in [3.63, 3.8) is 0 Å². The summed E-state index contributed by atoms with van der Waals surface area (Å²) in [4.78, 5) is 14.3. The SMILES string of the molecule is CC1CCCCN1C(=O)c1ccc(-c2cccc(C(F)(F)F)c2)o1. The number of benzene rings is 1. The van der Waals surface area contributed by atoms with Crippen LogP contribution < -0.4 is 0 Å². The topological polar surface area (TPSA) is 33.5 Å². The van der Waals surface area contributed by atoms with Crippen molar-refractivity contribution in [3.05, 3.63) is 47.7 Å². The third-order valence-electron chi connectivity index (χ3n) is 4.36. The van der Waals surface area contributed by atoms with Crippen LogP contribution in [0.1, 0.15) is 42.3 Å². The van der Waals surface area contributed by atoms with E-state index in [0.29, 0.717) is 12.1 Å². The first kappa shape index (κ1) is 16.6. The van der Waals surface area contributed by atoms with Gasteiger partial charge in [0.25, 0.3) is 5.91 Å². The highest BCUT2D eigenvalue weighted by Crippen LogP contribution is 2.33. The minimum atomic E-state index is -4.41. The number of furan rings is 1. The molecule has 0 N–H and O–H groups in total. The predicted octanol–water partition coefficient (Wildman–Crippen LogP) is 4.98. The van der Waals surface area contributed by atoms with E-state index >= 15 is 0 Å². The molecule has 2 aromatic rings. The molecule has 1 saturated heterocycles. The fourth-order valence-electron chi connectivity index (χ4n) is 3.00. The maximum Gasteiger partial charge on any atom is 0.416 e. The molecule has 1 unspecified atom stereocenters. The summed E-state index contributed by atoms with van der Waals surface area (Å²) in [5, 5.41) is 0. The number of hydrogen-bond acceptors (Lipinski definition) is 2. The van der Waals surface area contributed by atoms with Crippen molar-refractivity contribution < 1.29 is 22.4 Å². The number of rotatable bonds is 2. The second kappa shape index (κ2) is 6.34. The van der Waals surface area contributed by atoms with Gasteiger partial charge in [0.15, 0.2) is 5.76 Å². The minimum absolute atomic E-state index is 0.147. The first-order valence-corrected chi connectivity index (χ1v) is 7.95. The van der Waals surface area contributed by atoms with Crippen LogP contribution in [0.2, 0.25) is 0 Å². The Labute approximate surface area is 138 Å². The van der Waals surface area contributed by atoms with Gasteiger partial charge in [0.1, 0.15) is 5.76 Å². The van der Waals surface area contributed by atoms with Crippen LogP contribution in [0.15, 0.2) is 40.8 Å². The molecule has 1 fully saturated rings. The smallest absolute Gasteiger partial charge is 0.416 e. The number of amides is 1. The molecule has 3 rings (SSSR count). The van der Waals surface area contributed by atoms with Crippen LogP contribution in [-0.2, 0) is 6.18 Å². The number of halogens is 3. The van der Waals surface area contributed by atoms with Crippen LogP contribution in [-0.4, -0.2) is 23.4 Å². The van der Waals surface area contributed by atoms with Crippen molar-refractivity contribution in [3.8, 4) is 11.3 Å². The van der Waals surface area contributed by atoms with Crippen molar-refractivity contribution in [1.82, 2.24) is 4.90 Å². The molecule has 6 heteroatoms. The monoisotopic (exact) mass is 337 g/mol. The summed E-state index contributed by atoms with van der Waals surface area (Å²) in [5.74, 6) is 0.214. The van der Waals surface area contributed by atoms with Gasteiger partial charge < -0.3 is 9.32 Å². The Bertz CT molecular complexity index is 736. The summed E-state index contributed by atoms with van der Waals surface area (Å²) in [6, 6.07) is 8.11. The molecule has 0 bridgehead atoms. The molecule has 0 aliphatic carbocycles. The van der Waals surface area contributed by atoms with Crippen LogP contribution in [0.5, 0.6) is 0 Å². The Balaban J connectivity index is 1.84. The van der Waals surface area contributed by atoms with Crippen molar-refractivity contribution >= 4 is 5.91 Å². The van der Waals surface area contributed by atoms with E-state index in [1.54, 1.807) is 4.90 Å². The molecular formula is C18H18F3NO2. The van der Waals surface area contributed by atoms with E-state index in [-0.39, 0.29) is 23.5 Å². The molecular weight excluding hydrogens is 319 g/mol. The van der Waals surface area contributed by atoms with Crippen LogP contribution in [0, 0.1) is 0 Å². The van der Waals surface area contributed by atoms with E-state index in [9.17, 15) is 18.0 Å². The molecule has 0 radical (unpaired) electrons. The van der Waals surface area contributed by atoms with E-state index in [1.165, 1.54) is 24.3 Å². The average Bonchev–Trinajstić information content (AvgIpc) is 3.04. The summed E-state index contributed by atoms with van der Waals surface area (Å²) in [6.45, 7) is 2.67. The highest BCUT2D eigenvalue weighted by Gasteiger charge is 2.31. The lowest BCUT2D eigenvalue weighted by Gasteiger charge is -2.32. The zero-order chi connectivity index (χ0) is 17.3. The molecule has 3 nitrogen and oxygen atoms in total. The average molecular weight is 337 g/mol. The summed E-state index contributed by atoms with van der Waals surface area (Å²) < 4.78 is 44.0. The molecule has 128 valence electrons. The highest BCUT2D eigenvalue weighted by molar-refractivity contribution is 5.92. The largest absolute Gasteiger partial charge is 0.451 e.